The molecule has 1 aromatic heterocycles. The summed E-state index contributed by atoms with van der Waals surface area (Å²) in [5.41, 5.74) is 0.966. The molecule has 3 rings (SSSR count). The highest BCUT2D eigenvalue weighted by atomic mass is 16.5. The third-order valence-electron chi connectivity index (χ3n) is 3.20. The molecule has 2 heterocycles. The van der Waals surface area contributed by atoms with Gasteiger partial charge in [0, 0.05) is 31.0 Å². The van der Waals surface area contributed by atoms with Crippen LogP contribution in [0.1, 0.15) is 23.3 Å². The quantitative estimate of drug-likeness (QED) is 0.634. The van der Waals surface area contributed by atoms with E-state index in [0.29, 0.717) is 12.2 Å². The summed E-state index contributed by atoms with van der Waals surface area (Å²) < 4.78 is 5.20. The highest BCUT2D eigenvalue weighted by molar-refractivity contribution is 5.95. The Kier molecular flexibility index (Phi) is 3.59. The maximum absolute atomic E-state index is 11.8. The van der Waals surface area contributed by atoms with Crippen molar-refractivity contribution in [3.05, 3.63) is 48.5 Å². The Morgan fingerprint density at radius 2 is 2.00 bits per heavy atom. The number of ether oxygens (including phenoxy) is 1. The molecule has 1 saturated heterocycles. The fourth-order valence-corrected chi connectivity index (χ4v) is 2.18. The zero-order chi connectivity index (χ0) is 14.7. The van der Waals surface area contributed by atoms with Crippen molar-refractivity contribution in [2.75, 3.05) is 11.4 Å². The molecule has 21 heavy (non-hydrogen) atoms. The number of amides is 1. The summed E-state index contributed by atoms with van der Waals surface area (Å²) in [6.07, 6.45) is 5.72. The van der Waals surface area contributed by atoms with Crippen LogP contribution in [0.4, 0.5) is 5.69 Å². The number of hydrogen-bond donors (Lipinski definition) is 0. The number of rotatable bonds is 3. The van der Waals surface area contributed by atoms with E-state index in [9.17, 15) is 9.59 Å². The fourth-order valence-electron chi connectivity index (χ4n) is 2.18. The maximum atomic E-state index is 11.8. The zero-order valence-electron chi connectivity index (χ0n) is 11.2. The second-order valence-corrected chi connectivity index (χ2v) is 4.62. The summed E-state index contributed by atoms with van der Waals surface area (Å²) in [4.78, 5) is 32.9. The summed E-state index contributed by atoms with van der Waals surface area (Å²) in [5, 5.41) is 0. The molecule has 1 aromatic carbocycles. The van der Waals surface area contributed by atoms with E-state index in [4.69, 9.17) is 4.74 Å². The summed E-state index contributed by atoms with van der Waals surface area (Å²) in [6.45, 7) is 0.734. The molecule has 1 aliphatic rings. The molecule has 2 aromatic rings. The van der Waals surface area contributed by atoms with Gasteiger partial charge >= 0.3 is 5.97 Å². The molecule has 0 N–H and O–H groups in total. The van der Waals surface area contributed by atoms with E-state index in [0.717, 1.165) is 18.7 Å². The van der Waals surface area contributed by atoms with Crippen molar-refractivity contribution in [3.8, 4) is 5.75 Å². The molecule has 0 saturated carbocycles. The van der Waals surface area contributed by atoms with Crippen LogP contribution in [-0.4, -0.2) is 28.4 Å². The second kappa shape index (κ2) is 5.70. The van der Waals surface area contributed by atoms with Gasteiger partial charge in [-0.05, 0) is 30.7 Å². The van der Waals surface area contributed by atoms with Crippen molar-refractivity contribution in [1.29, 1.82) is 0 Å². The average molecular weight is 283 g/mol. The van der Waals surface area contributed by atoms with Gasteiger partial charge in [0.1, 0.15) is 5.75 Å². The van der Waals surface area contributed by atoms with Gasteiger partial charge in [-0.3, -0.25) is 9.78 Å². The van der Waals surface area contributed by atoms with E-state index in [1.807, 2.05) is 0 Å². The maximum Gasteiger partial charge on any atom is 0.363 e. The third kappa shape index (κ3) is 2.89. The van der Waals surface area contributed by atoms with Crippen LogP contribution in [0.15, 0.2) is 42.9 Å². The smallest absolute Gasteiger partial charge is 0.363 e. The molecule has 106 valence electrons. The van der Waals surface area contributed by atoms with Crippen molar-refractivity contribution in [1.82, 2.24) is 9.97 Å². The van der Waals surface area contributed by atoms with Crippen LogP contribution < -0.4 is 9.64 Å². The topological polar surface area (TPSA) is 72.4 Å². The minimum Gasteiger partial charge on any atom is -0.422 e. The predicted molar refractivity (Wildman–Crippen MR) is 75.0 cm³/mol. The van der Waals surface area contributed by atoms with Gasteiger partial charge in [-0.2, -0.15) is 0 Å². The van der Waals surface area contributed by atoms with Gasteiger partial charge < -0.3 is 9.64 Å². The Morgan fingerprint density at radius 3 is 2.62 bits per heavy atom. The minimum atomic E-state index is -0.562. The summed E-state index contributed by atoms with van der Waals surface area (Å²) in [5.74, 6) is -0.0338. The van der Waals surface area contributed by atoms with Crippen LogP contribution in [0.5, 0.6) is 5.75 Å². The zero-order valence-corrected chi connectivity index (χ0v) is 11.2. The van der Waals surface area contributed by atoms with Crippen LogP contribution >= 0.6 is 0 Å². The van der Waals surface area contributed by atoms with E-state index in [-0.39, 0.29) is 11.6 Å². The van der Waals surface area contributed by atoms with Gasteiger partial charge in [-0.15, -0.1) is 0 Å². The first-order valence-corrected chi connectivity index (χ1v) is 6.63. The third-order valence-corrected chi connectivity index (χ3v) is 3.20. The fraction of sp³-hybridized carbons (Fsp3) is 0.200. The molecule has 1 aliphatic heterocycles. The average Bonchev–Trinajstić information content (AvgIpc) is 2.95. The number of carbonyl (C=O) groups is 2. The van der Waals surface area contributed by atoms with Gasteiger partial charge in [0.05, 0.1) is 6.20 Å². The van der Waals surface area contributed by atoms with Crippen molar-refractivity contribution in [2.24, 2.45) is 0 Å². The van der Waals surface area contributed by atoms with Crippen LogP contribution in [0, 0.1) is 0 Å². The second-order valence-electron chi connectivity index (χ2n) is 4.62. The number of aromatic nitrogens is 2. The molecule has 0 radical (unpaired) electrons. The van der Waals surface area contributed by atoms with Gasteiger partial charge in [-0.1, -0.05) is 0 Å². The summed E-state index contributed by atoms with van der Waals surface area (Å²) in [7, 11) is 0. The van der Waals surface area contributed by atoms with E-state index in [2.05, 4.69) is 9.97 Å². The molecular weight excluding hydrogens is 270 g/mol. The summed E-state index contributed by atoms with van der Waals surface area (Å²) in [6, 6.07) is 6.86. The lowest BCUT2D eigenvalue weighted by atomic mass is 10.3. The number of carbonyl (C=O) groups excluding carboxylic acids is 2. The summed E-state index contributed by atoms with van der Waals surface area (Å²) >= 11 is 0. The molecule has 6 nitrogen and oxygen atoms in total. The van der Waals surface area contributed by atoms with Crippen molar-refractivity contribution < 1.29 is 14.3 Å². The molecule has 0 aliphatic carbocycles. The Labute approximate surface area is 121 Å². The van der Waals surface area contributed by atoms with E-state index < -0.39 is 5.97 Å². The predicted octanol–water partition coefficient (Wildman–Crippen LogP) is 1.82. The first-order chi connectivity index (χ1) is 10.2. The molecule has 1 amide bonds. The molecule has 6 heteroatoms. The van der Waals surface area contributed by atoms with Crippen molar-refractivity contribution >= 4 is 17.6 Å². The van der Waals surface area contributed by atoms with E-state index in [1.165, 1.54) is 18.6 Å². The monoisotopic (exact) mass is 283 g/mol. The van der Waals surface area contributed by atoms with Crippen LogP contribution in [0.25, 0.3) is 0 Å². The normalized spacial score (nSPS) is 14.3. The number of esters is 1. The first kappa shape index (κ1) is 13.2. The Hall–Kier alpha value is -2.76. The Balaban J connectivity index is 1.70. The van der Waals surface area contributed by atoms with Crippen LogP contribution in [0.2, 0.25) is 0 Å². The molecule has 0 unspecified atom stereocenters. The number of hydrogen-bond acceptors (Lipinski definition) is 5. The largest absolute Gasteiger partial charge is 0.422 e. The molecule has 0 atom stereocenters. The highest BCUT2D eigenvalue weighted by Gasteiger charge is 2.21. The standard InChI is InChI=1S/C15H13N3O3/c19-14-2-1-9-18(14)11-3-5-12(6-4-11)21-15(20)13-10-16-7-8-17-13/h3-8,10H,1-2,9H2. The lowest BCUT2D eigenvalue weighted by Gasteiger charge is -2.15. The molecular formula is C15H13N3O3. The molecule has 0 bridgehead atoms. The van der Waals surface area contributed by atoms with Crippen LogP contribution in [0.3, 0.4) is 0 Å². The molecule has 1 fully saturated rings. The first-order valence-electron chi connectivity index (χ1n) is 6.63. The lowest BCUT2D eigenvalue weighted by molar-refractivity contribution is -0.117. The van der Waals surface area contributed by atoms with Gasteiger partial charge in [0.2, 0.25) is 5.91 Å². The van der Waals surface area contributed by atoms with Crippen LogP contribution in [-0.2, 0) is 4.79 Å². The number of anilines is 1. The van der Waals surface area contributed by atoms with Gasteiger partial charge in [-0.25, -0.2) is 9.78 Å². The van der Waals surface area contributed by atoms with E-state index in [1.54, 1.807) is 29.2 Å². The van der Waals surface area contributed by atoms with Crippen molar-refractivity contribution in [3.63, 3.8) is 0 Å². The Morgan fingerprint density at radius 1 is 1.19 bits per heavy atom. The Bertz CT molecular complexity index is 656. The SMILES string of the molecule is O=C(Oc1ccc(N2CCCC2=O)cc1)c1cnccn1. The number of benzene rings is 1. The lowest BCUT2D eigenvalue weighted by Crippen LogP contribution is -2.23. The van der Waals surface area contributed by atoms with Crippen molar-refractivity contribution in [2.45, 2.75) is 12.8 Å². The number of nitrogens with zero attached hydrogens (tertiary/aromatic N) is 3. The van der Waals surface area contributed by atoms with Gasteiger partial charge in [0.15, 0.2) is 5.69 Å². The highest BCUT2D eigenvalue weighted by Crippen LogP contribution is 2.24. The minimum absolute atomic E-state index is 0.124. The van der Waals surface area contributed by atoms with E-state index >= 15 is 0 Å². The molecule has 0 spiro atoms. The van der Waals surface area contributed by atoms with Gasteiger partial charge in [0.25, 0.3) is 0 Å².